The van der Waals surface area contributed by atoms with Gasteiger partial charge in [-0.25, -0.2) is 4.98 Å². The SMILES string of the molecule is CCN(CC)c1ccc2nc3c4ccccc4c(=N)cc-3oc2c1. The van der Waals surface area contributed by atoms with Crippen LogP contribution in [-0.2, 0) is 0 Å². The Kier molecular flexibility index (Phi) is 3.45. The van der Waals surface area contributed by atoms with E-state index in [0.717, 1.165) is 46.3 Å². The molecular weight excluding hydrogens is 298 g/mol. The van der Waals surface area contributed by atoms with Gasteiger partial charge < -0.3 is 14.7 Å². The largest absolute Gasteiger partial charge is 0.453 e. The maximum Gasteiger partial charge on any atom is 0.155 e. The standard InChI is InChI=1S/C20H19N3O/c1-3-23(4-2)13-9-10-17-18(11-13)24-19-12-16(21)14-7-5-6-8-15(14)20(19)22-17/h5-12,21H,3-4H2,1-2H3. The Morgan fingerprint density at radius 3 is 2.50 bits per heavy atom. The second kappa shape index (κ2) is 5.64. The van der Waals surface area contributed by atoms with Crippen LogP contribution < -0.4 is 10.3 Å². The molecule has 4 rings (SSSR count). The molecule has 2 aliphatic rings. The normalized spacial score (nSPS) is 11.4. The van der Waals surface area contributed by atoms with E-state index in [-0.39, 0.29) is 0 Å². The van der Waals surface area contributed by atoms with Gasteiger partial charge >= 0.3 is 0 Å². The first-order chi connectivity index (χ1) is 11.7. The molecule has 1 aliphatic heterocycles. The van der Waals surface area contributed by atoms with Crippen LogP contribution in [0.5, 0.6) is 0 Å². The number of hydrogen-bond donors (Lipinski definition) is 1. The van der Waals surface area contributed by atoms with Crippen molar-refractivity contribution in [3.8, 4) is 11.5 Å². The van der Waals surface area contributed by atoms with Gasteiger partial charge in [-0.05, 0) is 26.0 Å². The van der Waals surface area contributed by atoms with Gasteiger partial charge in [-0.2, -0.15) is 0 Å². The molecule has 0 radical (unpaired) electrons. The van der Waals surface area contributed by atoms with E-state index in [1.165, 1.54) is 0 Å². The highest BCUT2D eigenvalue weighted by atomic mass is 16.3. The van der Waals surface area contributed by atoms with E-state index >= 15 is 0 Å². The minimum atomic E-state index is 0.461. The van der Waals surface area contributed by atoms with Crippen LogP contribution >= 0.6 is 0 Å². The van der Waals surface area contributed by atoms with Crippen LogP contribution in [0.4, 0.5) is 5.69 Å². The number of hydrogen-bond acceptors (Lipinski definition) is 4. The van der Waals surface area contributed by atoms with Crippen molar-refractivity contribution < 1.29 is 4.42 Å². The summed E-state index contributed by atoms with van der Waals surface area (Å²) in [7, 11) is 0. The minimum absolute atomic E-state index is 0.461. The second-order valence-corrected chi connectivity index (χ2v) is 5.85. The van der Waals surface area contributed by atoms with Crippen molar-refractivity contribution >= 4 is 27.6 Å². The monoisotopic (exact) mass is 317 g/mol. The Balaban J connectivity index is 2.02. The van der Waals surface area contributed by atoms with Crippen molar-refractivity contribution in [1.82, 2.24) is 4.98 Å². The van der Waals surface area contributed by atoms with Gasteiger partial charge in [-0.15, -0.1) is 0 Å². The first-order valence-corrected chi connectivity index (χ1v) is 8.27. The molecule has 1 heterocycles. The number of nitrogens with zero attached hydrogens (tertiary/aromatic N) is 2. The Morgan fingerprint density at radius 2 is 1.75 bits per heavy atom. The fourth-order valence-corrected chi connectivity index (χ4v) is 3.23. The average Bonchev–Trinajstić information content (AvgIpc) is 2.62. The van der Waals surface area contributed by atoms with Crippen LogP contribution in [0, 0.1) is 5.41 Å². The molecule has 120 valence electrons. The number of benzene rings is 3. The number of aromatic nitrogens is 1. The Bertz CT molecular complexity index is 1060. The van der Waals surface area contributed by atoms with E-state index in [0.29, 0.717) is 11.1 Å². The molecule has 0 spiro atoms. The Labute approximate surface area is 140 Å². The molecule has 0 aromatic heterocycles. The molecule has 2 aromatic rings. The van der Waals surface area contributed by atoms with Crippen molar-refractivity contribution in [3.63, 3.8) is 0 Å². The highest BCUT2D eigenvalue weighted by Gasteiger charge is 2.15. The van der Waals surface area contributed by atoms with E-state index in [4.69, 9.17) is 14.8 Å². The maximum absolute atomic E-state index is 8.23. The molecule has 0 fully saturated rings. The number of nitrogens with one attached hydrogen (secondary N) is 1. The molecule has 0 atom stereocenters. The average molecular weight is 317 g/mol. The lowest BCUT2D eigenvalue weighted by Crippen LogP contribution is -2.21. The molecule has 24 heavy (non-hydrogen) atoms. The minimum Gasteiger partial charge on any atom is -0.453 e. The fraction of sp³-hybridized carbons (Fsp3) is 0.200. The highest BCUT2D eigenvalue weighted by Crippen LogP contribution is 2.31. The van der Waals surface area contributed by atoms with Crippen molar-refractivity contribution in [1.29, 1.82) is 5.41 Å². The van der Waals surface area contributed by atoms with Gasteiger partial charge in [0, 0.05) is 41.7 Å². The number of rotatable bonds is 3. The third kappa shape index (κ3) is 2.22. The van der Waals surface area contributed by atoms with Crippen LogP contribution in [0.2, 0.25) is 0 Å². The summed E-state index contributed by atoms with van der Waals surface area (Å²) >= 11 is 0. The van der Waals surface area contributed by atoms with Crippen molar-refractivity contribution in [3.05, 3.63) is 53.9 Å². The molecule has 0 saturated carbocycles. The summed E-state index contributed by atoms with van der Waals surface area (Å²) in [5.74, 6) is 0.655. The number of fused-ring (bicyclic) bond motifs is 4. The van der Waals surface area contributed by atoms with Crippen molar-refractivity contribution in [2.75, 3.05) is 18.0 Å². The van der Waals surface area contributed by atoms with E-state index in [1.54, 1.807) is 6.07 Å². The molecule has 2 aromatic carbocycles. The Hall–Kier alpha value is -2.88. The molecular formula is C20H19N3O. The van der Waals surface area contributed by atoms with Gasteiger partial charge in [0.25, 0.3) is 0 Å². The molecule has 0 saturated heterocycles. The molecule has 1 aliphatic carbocycles. The summed E-state index contributed by atoms with van der Waals surface area (Å²) in [6, 6.07) is 15.7. The summed E-state index contributed by atoms with van der Waals surface area (Å²) in [6.45, 7) is 6.18. The van der Waals surface area contributed by atoms with Gasteiger partial charge in [0.1, 0.15) is 11.2 Å². The maximum atomic E-state index is 8.23. The first kappa shape index (κ1) is 14.7. The lowest BCUT2D eigenvalue weighted by molar-refractivity contribution is 0.613. The molecule has 0 amide bonds. The van der Waals surface area contributed by atoms with E-state index in [1.807, 2.05) is 36.4 Å². The fourth-order valence-electron chi connectivity index (χ4n) is 3.23. The van der Waals surface area contributed by atoms with Crippen LogP contribution in [-0.4, -0.2) is 18.1 Å². The lowest BCUT2D eigenvalue weighted by atomic mass is 10.0. The topological polar surface area (TPSA) is 53.1 Å². The van der Waals surface area contributed by atoms with E-state index < -0.39 is 0 Å². The third-order valence-electron chi connectivity index (χ3n) is 4.51. The highest BCUT2D eigenvalue weighted by molar-refractivity contribution is 5.96. The summed E-state index contributed by atoms with van der Waals surface area (Å²) in [4.78, 5) is 7.08. The van der Waals surface area contributed by atoms with Crippen LogP contribution in [0.15, 0.2) is 52.9 Å². The van der Waals surface area contributed by atoms with Gasteiger partial charge in [-0.1, -0.05) is 24.3 Å². The molecule has 1 N–H and O–H groups in total. The summed E-state index contributed by atoms with van der Waals surface area (Å²) in [5, 5.41) is 10.5. The van der Waals surface area contributed by atoms with E-state index in [9.17, 15) is 0 Å². The second-order valence-electron chi connectivity index (χ2n) is 5.85. The van der Waals surface area contributed by atoms with Gasteiger partial charge in [0.05, 0.1) is 5.36 Å². The Morgan fingerprint density at radius 1 is 1.00 bits per heavy atom. The van der Waals surface area contributed by atoms with Gasteiger partial charge in [0.2, 0.25) is 0 Å². The zero-order valence-electron chi connectivity index (χ0n) is 13.8. The molecule has 0 bridgehead atoms. The van der Waals surface area contributed by atoms with Crippen LogP contribution in [0.3, 0.4) is 0 Å². The summed E-state index contributed by atoms with van der Waals surface area (Å²) in [6.07, 6.45) is 0. The zero-order valence-corrected chi connectivity index (χ0v) is 13.8. The smallest absolute Gasteiger partial charge is 0.155 e. The predicted octanol–water partition coefficient (Wildman–Crippen LogP) is 4.41. The van der Waals surface area contributed by atoms with Gasteiger partial charge in [-0.3, -0.25) is 0 Å². The van der Waals surface area contributed by atoms with E-state index in [2.05, 4.69) is 24.8 Å². The van der Waals surface area contributed by atoms with Crippen molar-refractivity contribution in [2.45, 2.75) is 13.8 Å². The quantitative estimate of drug-likeness (QED) is 0.450. The summed E-state index contributed by atoms with van der Waals surface area (Å²) in [5.41, 5.74) is 3.52. The molecule has 4 nitrogen and oxygen atoms in total. The molecule has 0 unspecified atom stereocenters. The van der Waals surface area contributed by atoms with Crippen molar-refractivity contribution in [2.24, 2.45) is 0 Å². The third-order valence-corrected chi connectivity index (χ3v) is 4.51. The van der Waals surface area contributed by atoms with Crippen LogP contribution in [0.25, 0.3) is 33.3 Å². The lowest BCUT2D eigenvalue weighted by Gasteiger charge is -2.21. The van der Waals surface area contributed by atoms with Crippen LogP contribution in [0.1, 0.15) is 13.8 Å². The summed E-state index contributed by atoms with van der Waals surface area (Å²) < 4.78 is 6.11. The first-order valence-electron chi connectivity index (χ1n) is 8.27. The zero-order chi connectivity index (χ0) is 16.7. The van der Waals surface area contributed by atoms with Gasteiger partial charge in [0.15, 0.2) is 11.3 Å². The number of anilines is 1. The molecule has 4 heteroatoms. The predicted molar refractivity (Wildman–Crippen MR) is 97.6 cm³/mol.